The monoisotopic (exact) mass is 218 g/mol. The number of carbonyl (C=O) groups is 1. The lowest BCUT2D eigenvalue weighted by Gasteiger charge is -2.31. The molecule has 0 atom stereocenters. The fourth-order valence-electron chi connectivity index (χ4n) is 1.90. The third-order valence-corrected chi connectivity index (χ3v) is 3.57. The predicted molar refractivity (Wildman–Crippen MR) is 60.4 cm³/mol. The number of hydrogen-bond donors (Lipinski definition) is 0. The average Bonchev–Trinajstić information content (AvgIpc) is 2.30. The molecule has 2 heterocycles. The van der Waals surface area contributed by atoms with Crippen LogP contribution in [0.4, 0.5) is 4.79 Å². The van der Waals surface area contributed by atoms with Crippen molar-refractivity contribution in [3.8, 4) is 0 Å². The summed E-state index contributed by atoms with van der Waals surface area (Å²) in [5.74, 6) is 0.862. The molecule has 1 amide bonds. The summed E-state index contributed by atoms with van der Waals surface area (Å²) >= 11 is 1.30. The van der Waals surface area contributed by atoms with Gasteiger partial charge in [-0.05, 0) is 24.2 Å². The SMILES string of the molecule is O=C1Sc2ccccc2C2=NCCCN12. The fraction of sp³-hybridized carbons (Fsp3) is 0.273. The van der Waals surface area contributed by atoms with E-state index in [9.17, 15) is 4.79 Å². The van der Waals surface area contributed by atoms with E-state index in [4.69, 9.17) is 0 Å². The van der Waals surface area contributed by atoms with Crippen molar-refractivity contribution in [1.82, 2.24) is 4.90 Å². The van der Waals surface area contributed by atoms with Crippen molar-refractivity contribution in [3.63, 3.8) is 0 Å². The van der Waals surface area contributed by atoms with Gasteiger partial charge in [0.2, 0.25) is 0 Å². The molecular formula is C11H10N2OS. The van der Waals surface area contributed by atoms with Crippen molar-refractivity contribution >= 4 is 22.8 Å². The number of aliphatic imine (C=N–C) groups is 1. The van der Waals surface area contributed by atoms with Crippen molar-refractivity contribution in [1.29, 1.82) is 0 Å². The number of hydrogen-bond acceptors (Lipinski definition) is 3. The van der Waals surface area contributed by atoms with E-state index in [1.54, 1.807) is 4.90 Å². The summed E-state index contributed by atoms with van der Waals surface area (Å²) in [4.78, 5) is 19.1. The molecule has 3 nitrogen and oxygen atoms in total. The third-order valence-electron chi connectivity index (χ3n) is 2.60. The largest absolute Gasteiger partial charge is 0.292 e. The molecule has 0 saturated heterocycles. The Labute approximate surface area is 92.2 Å². The van der Waals surface area contributed by atoms with Gasteiger partial charge in [-0.15, -0.1) is 0 Å². The van der Waals surface area contributed by atoms with Gasteiger partial charge >= 0.3 is 0 Å². The highest BCUT2D eigenvalue weighted by Crippen LogP contribution is 2.33. The summed E-state index contributed by atoms with van der Waals surface area (Å²) < 4.78 is 0. The summed E-state index contributed by atoms with van der Waals surface area (Å²) in [5, 5.41) is 0.104. The molecule has 0 aromatic heterocycles. The highest BCUT2D eigenvalue weighted by molar-refractivity contribution is 8.13. The fourth-order valence-corrected chi connectivity index (χ4v) is 2.79. The van der Waals surface area contributed by atoms with Gasteiger partial charge in [-0.1, -0.05) is 18.2 Å². The van der Waals surface area contributed by atoms with Crippen LogP contribution in [0.3, 0.4) is 0 Å². The Morgan fingerprint density at radius 3 is 3.13 bits per heavy atom. The zero-order chi connectivity index (χ0) is 10.3. The third kappa shape index (κ3) is 1.36. The Morgan fingerprint density at radius 2 is 2.20 bits per heavy atom. The van der Waals surface area contributed by atoms with E-state index in [-0.39, 0.29) is 5.24 Å². The van der Waals surface area contributed by atoms with Crippen LogP contribution in [-0.4, -0.2) is 29.1 Å². The zero-order valence-corrected chi connectivity index (χ0v) is 8.96. The van der Waals surface area contributed by atoms with Gasteiger partial charge in [-0.25, -0.2) is 0 Å². The van der Waals surface area contributed by atoms with Crippen molar-refractivity contribution in [2.75, 3.05) is 13.1 Å². The molecule has 1 aromatic rings. The predicted octanol–water partition coefficient (Wildman–Crippen LogP) is 2.36. The molecule has 76 valence electrons. The van der Waals surface area contributed by atoms with E-state index in [1.807, 2.05) is 24.3 Å². The van der Waals surface area contributed by atoms with Crippen LogP contribution < -0.4 is 0 Å². The van der Waals surface area contributed by atoms with Gasteiger partial charge in [0, 0.05) is 23.5 Å². The summed E-state index contributed by atoms with van der Waals surface area (Å²) in [6, 6.07) is 7.96. The summed E-state index contributed by atoms with van der Waals surface area (Å²) in [6.45, 7) is 1.64. The summed E-state index contributed by atoms with van der Waals surface area (Å²) in [5.41, 5.74) is 1.10. The molecule has 0 aliphatic carbocycles. The van der Waals surface area contributed by atoms with E-state index in [1.165, 1.54) is 11.8 Å². The number of rotatable bonds is 0. The maximum absolute atomic E-state index is 11.8. The van der Waals surface area contributed by atoms with Crippen LogP contribution >= 0.6 is 11.8 Å². The second-order valence-corrected chi connectivity index (χ2v) is 4.57. The van der Waals surface area contributed by atoms with Gasteiger partial charge in [0.1, 0.15) is 5.84 Å². The zero-order valence-electron chi connectivity index (χ0n) is 8.14. The maximum Gasteiger partial charge on any atom is 0.292 e. The molecule has 0 N–H and O–H groups in total. The first-order valence-electron chi connectivity index (χ1n) is 4.99. The number of fused-ring (bicyclic) bond motifs is 3. The maximum atomic E-state index is 11.8. The quantitative estimate of drug-likeness (QED) is 0.669. The van der Waals surface area contributed by atoms with Crippen LogP contribution in [-0.2, 0) is 0 Å². The first-order chi connectivity index (χ1) is 7.36. The molecule has 2 aliphatic heterocycles. The summed E-state index contributed by atoms with van der Waals surface area (Å²) in [6.07, 6.45) is 0.970. The van der Waals surface area contributed by atoms with Crippen LogP contribution in [0.25, 0.3) is 0 Å². The van der Waals surface area contributed by atoms with Crippen molar-refractivity contribution in [2.45, 2.75) is 11.3 Å². The minimum absolute atomic E-state index is 0.104. The van der Waals surface area contributed by atoms with E-state index in [0.717, 1.165) is 35.8 Å². The van der Waals surface area contributed by atoms with Crippen molar-refractivity contribution in [3.05, 3.63) is 29.8 Å². The van der Waals surface area contributed by atoms with Gasteiger partial charge in [-0.2, -0.15) is 0 Å². The highest BCUT2D eigenvalue weighted by Gasteiger charge is 2.30. The molecule has 4 heteroatoms. The van der Waals surface area contributed by atoms with Crippen LogP contribution in [0, 0.1) is 0 Å². The number of nitrogens with zero attached hydrogens (tertiary/aromatic N) is 2. The smallest absolute Gasteiger partial charge is 0.287 e. The Bertz CT molecular complexity index is 456. The lowest BCUT2D eigenvalue weighted by molar-refractivity contribution is 0.242. The Morgan fingerprint density at radius 1 is 1.33 bits per heavy atom. The van der Waals surface area contributed by atoms with Crippen molar-refractivity contribution in [2.24, 2.45) is 4.99 Å². The molecule has 3 rings (SSSR count). The molecule has 0 unspecified atom stereocenters. The average molecular weight is 218 g/mol. The highest BCUT2D eigenvalue weighted by atomic mass is 32.2. The molecule has 0 fully saturated rings. The summed E-state index contributed by atoms with van der Waals surface area (Å²) in [7, 11) is 0. The molecule has 0 saturated carbocycles. The van der Waals surface area contributed by atoms with Crippen molar-refractivity contribution < 1.29 is 4.79 Å². The second-order valence-electron chi connectivity index (χ2n) is 3.57. The number of carbonyl (C=O) groups excluding carboxylic acids is 1. The molecule has 2 aliphatic rings. The Hall–Kier alpha value is -1.29. The van der Waals surface area contributed by atoms with E-state index >= 15 is 0 Å². The van der Waals surface area contributed by atoms with Crippen LogP contribution in [0.1, 0.15) is 12.0 Å². The number of thioether (sulfide) groups is 1. The minimum atomic E-state index is 0.104. The van der Waals surface area contributed by atoms with E-state index in [0.29, 0.717) is 0 Å². The molecule has 1 aromatic carbocycles. The lowest BCUT2D eigenvalue weighted by atomic mass is 10.1. The first kappa shape index (κ1) is 8.97. The van der Waals surface area contributed by atoms with Gasteiger partial charge in [0.15, 0.2) is 0 Å². The van der Waals surface area contributed by atoms with E-state index in [2.05, 4.69) is 4.99 Å². The minimum Gasteiger partial charge on any atom is -0.287 e. The standard InChI is InChI=1S/C11H10N2OS/c14-11-13-7-3-6-12-10(13)8-4-1-2-5-9(8)15-11/h1-2,4-5H,3,6-7H2. The normalized spacial score (nSPS) is 19.3. The Balaban J connectivity index is 2.17. The number of benzene rings is 1. The Kier molecular flexibility index (Phi) is 2.02. The van der Waals surface area contributed by atoms with Crippen LogP contribution in [0.15, 0.2) is 34.2 Å². The van der Waals surface area contributed by atoms with Gasteiger partial charge in [0.25, 0.3) is 5.24 Å². The van der Waals surface area contributed by atoms with Crippen LogP contribution in [0.5, 0.6) is 0 Å². The van der Waals surface area contributed by atoms with Gasteiger partial charge in [0.05, 0.1) is 0 Å². The number of amides is 1. The van der Waals surface area contributed by atoms with Gasteiger partial charge in [-0.3, -0.25) is 14.7 Å². The molecule has 0 spiro atoms. The van der Waals surface area contributed by atoms with E-state index < -0.39 is 0 Å². The first-order valence-corrected chi connectivity index (χ1v) is 5.81. The second kappa shape index (κ2) is 3.38. The molecule has 15 heavy (non-hydrogen) atoms. The van der Waals surface area contributed by atoms with Gasteiger partial charge < -0.3 is 0 Å². The molecule has 0 bridgehead atoms. The topological polar surface area (TPSA) is 32.7 Å². The molecular weight excluding hydrogens is 208 g/mol. The lowest BCUT2D eigenvalue weighted by Crippen LogP contribution is -2.41. The number of amidine groups is 1. The van der Waals surface area contributed by atoms with Crippen LogP contribution in [0.2, 0.25) is 0 Å². The molecule has 0 radical (unpaired) electrons.